The molecule has 0 heterocycles. The summed E-state index contributed by atoms with van der Waals surface area (Å²) < 4.78 is 3.88. The maximum Gasteiger partial charge on any atom is 2.00 e. The SMILES string of the molecule is BrOBr.[Cu+2]. The van der Waals surface area contributed by atoms with Crippen molar-refractivity contribution in [2.24, 2.45) is 0 Å². The van der Waals surface area contributed by atoms with Crippen molar-refractivity contribution in [3.8, 4) is 0 Å². The summed E-state index contributed by atoms with van der Waals surface area (Å²) in [5.74, 6) is 0. The van der Waals surface area contributed by atoms with Gasteiger partial charge in [0.05, 0.1) is 0 Å². The van der Waals surface area contributed by atoms with Crippen LogP contribution in [0.1, 0.15) is 0 Å². The van der Waals surface area contributed by atoms with Crippen LogP contribution >= 0.6 is 32.5 Å². The third-order valence-corrected chi connectivity index (χ3v) is 0. The molecule has 0 atom stereocenters. The van der Waals surface area contributed by atoms with E-state index in [4.69, 9.17) is 0 Å². The average molecular weight is 239 g/mol. The van der Waals surface area contributed by atoms with Gasteiger partial charge in [0.1, 0.15) is 32.5 Å². The van der Waals surface area contributed by atoms with E-state index in [1.807, 2.05) is 0 Å². The van der Waals surface area contributed by atoms with Crippen LogP contribution in [0.25, 0.3) is 0 Å². The Morgan fingerprint density at radius 1 is 1.25 bits per heavy atom. The first kappa shape index (κ1) is 9.06. The molecule has 0 bridgehead atoms. The number of halogens is 2. The molecule has 0 aliphatic rings. The molecule has 0 aliphatic carbocycles. The molecule has 0 N–H and O–H groups in total. The van der Waals surface area contributed by atoms with Gasteiger partial charge in [0.15, 0.2) is 0 Å². The van der Waals surface area contributed by atoms with Crippen molar-refractivity contribution in [2.45, 2.75) is 0 Å². The zero-order valence-electron chi connectivity index (χ0n) is 1.47. The van der Waals surface area contributed by atoms with Gasteiger partial charge in [0.2, 0.25) is 0 Å². The molecule has 0 saturated carbocycles. The Kier molecular flexibility index (Phi) is 20.0. The smallest absolute Gasteiger partial charge is 0.230 e. The van der Waals surface area contributed by atoms with Gasteiger partial charge in [0.25, 0.3) is 0 Å². The number of rotatable bonds is 0. The number of hydrogen-bond acceptors (Lipinski definition) is 1. The second-order valence-electron chi connectivity index (χ2n) is 0.0583. The minimum atomic E-state index is 0. The molecule has 1 radical (unpaired) electrons. The van der Waals surface area contributed by atoms with Crippen molar-refractivity contribution in [2.75, 3.05) is 0 Å². The van der Waals surface area contributed by atoms with Crippen LogP contribution in [0.15, 0.2) is 0 Å². The molecule has 4 heavy (non-hydrogen) atoms. The van der Waals surface area contributed by atoms with Crippen LogP contribution in [0.3, 0.4) is 0 Å². The molecule has 29 valence electrons. The van der Waals surface area contributed by atoms with Gasteiger partial charge in [-0.25, -0.2) is 2.92 Å². The minimum absolute atomic E-state index is 0. The first-order valence-corrected chi connectivity index (χ1v) is 1.60. The second kappa shape index (κ2) is 8.83. The van der Waals surface area contributed by atoms with E-state index in [0.29, 0.717) is 0 Å². The Bertz CT molecular complexity index is 6.00. The average Bonchev–Trinajstić information content (AvgIpc) is 0.918. The quantitative estimate of drug-likeness (QED) is 0.584. The van der Waals surface area contributed by atoms with Gasteiger partial charge in [-0.1, -0.05) is 0 Å². The van der Waals surface area contributed by atoms with Crippen LogP contribution < -0.4 is 0 Å². The monoisotopic (exact) mass is 237 g/mol. The Hall–Kier alpha value is 1.44. The summed E-state index contributed by atoms with van der Waals surface area (Å²) in [4.78, 5) is 0. The topological polar surface area (TPSA) is 9.23 Å². The van der Waals surface area contributed by atoms with E-state index < -0.39 is 0 Å². The molecular formula is Br2CuO+2. The molecule has 0 saturated heterocycles. The zero-order valence-corrected chi connectivity index (χ0v) is 5.58. The summed E-state index contributed by atoms with van der Waals surface area (Å²) in [6.07, 6.45) is 0. The van der Waals surface area contributed by atoms with E-state index in [2.05, 4.69) is 35.4 Å². The van der Waals surface area contributed by atoms with Gasteiger partial charge in [0, 0.05) is 0 Å². The molecular weight excluding hydrogens is 239 g/mol. The van der Waals surface area contributed by atoms with Crippen molar-refractivity contribution < 1.29 is 20.0 Å². The van der Waals surface area contributed by atoms with Gasteiger partial charge in [-0.2, -0.15) is 0 Å². The Balaban J connectivity index is 0. The summed E-state index contributed by atoms with van der Waals surface area (Å²) >= 11 is 5.12. The maximum absolute atomic E-state index is 3.88. The summed E-state index contributed by atoms with van der Waals surface area (Å²) in [5, 5.41) is 0. The molecule has 0 aromatic heterocycles. The third-order valence-electron chi connectivity index (χ3n) is 0. The van der Waals surface area contributed by atoms with E-state index >= 15 is 0 Å². The normalized spacial score (nSPS) is 4.50. The van der Waals surface area contributed by atoms with E-state index in [-0.39, 0.29) is 17.1 Å². The van der Waals surface area contributed by atoms with Crippen molar-refractivity contribution in [1.82, 2.24) is 0 Å². The Morgan fingerprint density at radius 3 is 1.25 bits per heavy atom. The summed E-state index contributed by atoms with van der Waals surface area (Å²) in [6.45, 7) is 0. The molecule has 0 aromatic rings. The molecule has 0 unspecified atom stereocenters. The largest absolute Gasteiger partial charge is 2.00 e. The van der Waals surface area contributed by atoms with Crippen LogP contribution in [-0.4, -0.2) is 0 Å². The van der Waals surface area contributed by atoms with E-state index in [1.165, 1.54) is 0 Å². The molecule has 0 aromatic carbocycles. The van der Waals surface area contributed by atoms with Crippen molar-refractivity contribution >= 4 is 32.5 Å². The van der Waals surface area contributed by atoms with Crippen LogP contribution in [0, 0.1) is 0 Å². The summed E-state index contributed by atoms with van der Waals surface area (Å²) in [5.41, 5.74) is 0. The minimum Gasteiger partial charge on any atom is -0.230 e. The molecule has 4 heteroatoms. The maximum atomic E-state index is 3.88. The second-order valence-corrected chi connectivity index (χ2v) is 1.57. The fourth-order valence-corrected chi connectivity index (χ4v) is 0. The van der Waals surface area contributed by atoms with Crippen LogP contribution in [-0.2, 0) is 20.0 Å². The molecule has 0 spiro atoms. The van der Waals surface area contributed by atoms with Crippen LogP contribution in [0.4, 0.5) is 0 Å². The summed E-state index contributed by atoms with van der Waals surface area (Å²) in [6, 6.07) is 0. The van der Waals surface area contributed by atoms with Crippen molar-refractivity contribution in [3.05, 3.63) is 0 Å². The van der Waals surface area contributed by atoms with E-state index in [9.17, 15) is 0 Å². The third kappa shape index (κ3) is 9.88. The van der Waals surface area contributed by atoms with Gasteiger partial charge in [-0.15, -0.1) is 0 Å². The Morgan fingerprint density at radius 2 is 1.25 bits per heavy atom. The van der Waals surface area contributed by atoms with Gasteiger partial charge in [-0.05, 0) is 0 Å². The first-order chi connectivity index (χ1) is 1.41. The van der Waals surface area contributed by atoms with Gasteiger partial charge < -0.3 is 0 Å². The van der Waals surface area contributed by atoms with E-state index in [1.54, 1.807) is 0 Å². The molecule has 0 amide bonds. The molecule has 0 fully saturated rings. The molecule has 1 nitrogen and oxygen atoms in total. The molecule has 0 aliphatic heterocycles. The zero-order chi connectivity index (χ0) is 2.71. The van der Waals surface area contributed by atoms with Crippen molar-refractivity contribution in [3.63, 3.8) is 0 Å². The fraction of sp³-hybridized carbons (Fsp3) is 0. The summed E-state index contributed by atoms with van der Waals surface area (Å²) in [7, 11) is 0. The van der Waals surface area contributed by atoms with E-state index in [0.717, 1.165) is 0 Å². The van der Waals surface area contributed by atoms with Crippen LogP contribution in [0.5, 0.6) is 0 Å². The fourth-order valence-electron chi connectivity index (χ4n) is 0. The standard InChI is InChI=1S/Br2O.Cu/c1-3-2;/q;+2. The predicted molar refractivity (Wildman–Crippen MR) is 18.9 cm³/mol. The van der Waals surface area contributed by atoms with Crippen LogP contribution in [0.2, 0.25) is 0 Å². The van der Waals surface area contributed by atoms with Gasteiger partial charge in [-0.3, -0.25) is 0 Å². The Labute approximate surface area is 52.5 Å². The predicted octanol–water partition coefficient (Wildman–Crippen LogP) is 1.62. The number of hydrogen-bond donors (Lipinski definition) is 0. The first-order valence-electron chi connectivity index (χ1n) is 0.309. The van der Waals surface area contributed by atoms with Crippen molar-refractivity contribution in [1.29, 1.82) is 0 Å². The van der Waals surface area contributed by atoms with Gasteiger partial charge >= 0.3 is 17.1 Å². The molecule has 0 rings (SSSR count).